The van der Waals surface area contributed by atoms with Gasteiger partial charge in [-0.1, -0.05) is 24.3 Å². The number of aliphatic hydroxyl groups is 1. The van der Waals surface area contributed by atoms with E-state index in [1.165, 1.54) is 0 Å². The zero-order valence-corrected chi connectivity index (χ0v) is 8.96. The van der Waals surface area contributed by atoms with Crippen molar-refractivity contribution in [1.29, 1.82) is 0 Å². The molecule has 0 amide bonds. The summed E-state index contributed by atoms with van der Waals surface area (Å²) in [5.74, 6) is -4.12. The Morgan fingerprint density at radius 3 is 2.12 bits per heavy atom. The predicted molar refractivity (Wildman–Crippen MR) is 57.6 cm³/mol. The van der Waals surface area contributed by atoms with Crippen LogP contribution < -0.4 is 0 Å². The highest BCUT2D eigenvalue weighted by Gasteiger charge is 2.48. The van der Waals surface area contributed by atoms with Gasteiger partial charge in [-0.05, 0) is 17.5 Å². The Labute approximate surface area is 97.3 Å². The van der Waals surface area contributed by atoms with Crippen molar-refractivity contribution in [3.63, 3.8) is 0 Å². The summed E-state index contributed by atoms with van der Waals surface area (Å²) < 4.78 is 0. The van der Waals surface area contributed by atoms with Crippen LogP contribution in [-0.2, 0) is 22.4 Å². The first-order valence-electron chi connectivity index (χ1n) is 5.20. The first kappa shape index (κ1) is 11.6. The topological polar surface area (TPSA) is 94.8 Å². The molecule has 90 valence electrons. The third-order valence-electron chi connectivity index (χ3n) is 3.18. The van der Waals surface area contributed by atoms with Crippen molar-refractivity contribution in [3.05, 3.63) is 35.4 Å². The second kappa shape index (κ2) is 3.85. The molecule has 2 aliphatic carbocycles. The second-order valence-electron chi connectivity index (χ2n) is 4.32. The summed E-state index contributed by atoms with van der Waals surface area (Å²) in [6, 6.07) is 6.93. The van der Waals surface area contributed by atoms with E-state index in [0.717, 1.165) is 0 Å². The summed E-state index contributed by atoms with van der Waals surface area (Å²) in [5, 5.41) is 28.3. The van der Waals surface area contributed by atoms with E-state index in [2.05, 4.69) is 0 Å². The summed E-state index contributed by atoms with van der Waals surface area (Å²) in [7, 11) is 0. The second-order valence-corrected chi connectivity index (χ2v) is 4.32. The van der Waals surface area contributed by atoms with Gasteiger partial charge in [-0.2, -0.15) is 0 Å². The van der Waals surface area contributed by atoms with Crippen molar-refractivity contribution in [2.45, 2.75) is 18.4 Å². The monoisotopic (exact) mass is 236 g/mol. The number of hydrogen-bond acceptors (Lipinski definition) is 3. The summed E-state index contributed by atoms with van der Waals surface area (Å²) in [6.07, 6.45) is -0.183. The molecule has 2 bridgehead atoms. The van der Waals surface area contributed by atoms with Crippen molar-refractivity contribution < 1.29 is 24.9 Å². The molecule has 2 aliphatic rings. The van der Waals surface area contributed by atoms with Gasteiger partial charge in [0.15, 0.2) is 5.60 Å². The number of fused-ring (bicyclic) bond motifs is 5. The average molecular weight is 236 g/mol. The maximum Gasteiger partial charge on any atom is 0.336 e. The molecule has 0 fully saturated rings. The van der Waals surface area contributed by atoms with Crippen LogP contribution in [0.5, 0.6) is 0 Å². The van der Waals surface area contributed by atoms with E-state index in [1.54, 1.807) is 24.3 Å². The number of carboxylic acids is 2. The largest absolute Gasteiger partial charge is 0.481 e. The Morgan fingerprint density at radius 2 is 1.65 bits per heavy atom. The lowest BCUT2D eigenvalue weighted by Gasteiger charge is -2.31. The predicted octanol–water partition coefficient (Wildman–Crippen LogP) is 0.302. The van der Waals surface area contributed by atoms with Crippen LogP contribution in [0.2, 0.25) is 0 Å². The molecule has 5 heteroatoms. The minimum atomic E-state index is -2.25. The van der Waals surface area contributed by atoms with Crippen LogP contribution in [0.15, 0.2) is 24.3 Å². The lowest BCUT2D eigenvalue weighted by molar-refractivity contribution is -0.174. The van der Waals surface area contributed by atoms with E-state index in [9.17, 15) is 14.7 Å². The molecule has 2 unspecified atom stereocenters. The molecule has 1 aromatic rings. The van der Waals surface area contributed by atoms with Gasteiger partial charge in [-0.25, -0.2) is 4.79 Å². The zero-order valence-electron chi connectivity index (χ0n) is 8.96. The Hall–Kier alpha value is -1.88. The smallest absolute Gasteiger partial charge is 0.336 e. The minimum absolute atomic E-state index is 0.0123. The van der Waals surface area contributed by atoms with E-state index in [-0.39, 0.29) is 12.8 Å². The molecule has 3 rings (SSSR count). The van der Waals surface area contributed by atoms with Gasteiger partial charge in [-0.15, -0.1) is 0 Å². The molecule has 0 radical (unpaired) electrons. The maximum atomic E-state index is 11.1. The standard InChI is InChI=1S/C12H12O5/c13-10(14)9-5-7-1-3-8(4-2-7)6-12(9,17)11(15)16/h1-4,9,17H,5-6H2,(H,13,14)(H,15,16). The lowest BCUT2D eigenvalue weighted by atomic mass is 9.76. The normalized spacial score (nSPS) is 27.2. The summed E-state index contributed by atoms with van der Waals surface area (Å²) in [4.78, 5) is 22.3. The van der Waals surface area contributed by atoms with E-state index in [4.69, 9.17) is 10.2 Å². The number of carboxylic acid groups (broad SMARTS) is 2. The van der Waals surface area contributed by atoms with Crippen molar-refractivity contribution in [2.24, 2.45) is 5.92 Å². The van der Waals surface area contributed by atoms with Gasteiger partial charge in [0.2, 0.25) is 0 Å². The van der Waals surface area contributed by atoms with Crippen molar-refractivity contribution in [2.75, 3.05) is 0 Å². The van der Waals surface area contributed by atoms with Crippen LogP contribution in [-0.4, -0.2) is 32.9 Å². The highest BCUT2D eigenvalue weighted by Crippen LogP contribution is 2.30. The van der Waals surface area contributed by atoms with Gasteiger partial charge in [0.25, 0.3) is 0 Å². The summed E-state index contributed by atoms with van der Waals surface area (Å²) >= 11 is 0. The Morgan fingerprint density at radius 1 is 1.12 bits per heavy atom. The Kier molecular flexibility index (Phi) is 2.63. The van der Waals surface area contributed by atoms with Crippen LogP contribution in [0.1, 0.15) is 11.1 Å². The van der Waals surface area contributed by atoms with Crippen LogP contribution in [0.3, 0.4) is 0 Å². The van der Waals surface area contributed by atoms with Crippen LogP contribution in [0.4, 0.5) is 0 Å². The fourth-order valence-corrected chi connectivity index (χ4v) is 2.15. The maximum absolute atomic E-state index is 11.1. The molecule has 0 spiro atoms. The van der Waals surface area contributed by atoms with Gasteiger partial charge in [0, 0.05) is 6.42 Å². The minimum Gasteiger partial charge on any atom is -0.481 e. The van der Waals surface area contributed by atoms with Crippen molar-refractivity contribution >= 4 is 11.9 Å². The number of benzene rings is 1. The first-order valence-corrected chi connectivity index (χ1v) is 5.20. The molecular formula is C12H12O5. The average Bonchev–Trinajstić information content (AvgIpc) is 2.23. The third-order valence-corrected chi connectivity index (χ3v) is 3.18. The molecule has 0 aliphatic heterocycles. The number of hydrogen-bond donors (Lipinski definition) is 3. The SMILES string of the molecule is O=C(O)C1Cc2ccc(cc2)CC1(O)C(=O)O. The first-order chi connectivity index (χ1) is 7.93. The van der Waals surface area contributed by atoms with Gasteiger partial charge < -0.3 is 15.3 Å². The van der Waals surface area contributed by atoms with Crippen LogP contribution in [0, 0.1) is 5.92 Å². The molecular weight excluding hydrogens is 224 g/mol. The molecule has 17 heavy (non-hydrogen) atoms. The lowest BCUT2D eigenvalue weighted by Crippen LogP contribution is -2.52. The molecule has 2 atom stereocenters. The third kappa shape index (κ3) is 1.89. The van der Waals surface area contributed by atoms with E-state index < -0.39 is 23.5 Å². The van der Waals surface area contributed by atoms with E-state index >= 15 is 0 Å². The highest BCUT2D eigenvalue weighted by molar-refractivity contribution is 5.86. The molecule has 5 nitrogen and oxygen atoms in total. The van der Waals surface area contributed by atoms with Crippen molar-refractivity contribution in [1.82, 2.24) is 0 Å². The molecule has 0 saturated carbocycles. The quantitative estimate of drug-likeness (QED) is 0.686. The van der Waals surface area contributed by atoms with Crippen molar-refractivity contribution in [3.8, 4) is 0 Å². The molecule has 0 heterocycles. The van der Waals surface area contributed by atoms with Gasteiger partial charge in [-0.3, -0.25) is 4.79 Å². The molecule has 3 N–H and O–H groups in total. The van der Waals surface area contributed by atoms with Crippen LogP contribution >= 0.6 is 0 Å². The number of carbonyl (C=O) groups is 2. The van der Waals surface area contributed by atoms with Gasteiger partial charge >= 0.3 is 11.9 Å². The Bertz CT molecular complexity index is 464. The molecule has 0 saturated heterocycles. The number of rotatable bonds is 2. The van der Waals surface area contributed by atoms with E-state index in [1.807, 2.05) is 0 Å². The molecule has 0 aromatic heterocycles. The Balaban J connectivity index is 2.52. The number of aliphatic carboxylic acids is 2. The van der Waals surface area contributed by atoms with Crippen LogP contribution in [0.25, 0.3) is 0 Å². The summed E-state index contributed by atoms with van der Waals surface area (Å²) in [6.45, 7) is 0. The van der Waals surface area contributed by atoms with E-state index in [0.29, 0.717) is 11.1 Å². The van der Waals surface area contributed by atoms with Gasteiger partial charge in [0.05, 0.1) is 0 Å². The molecule has 1 aromatic carbocycles. The van der Waals surface area contributed by atoms with Gasteiger partial charge in [0.1, 0.15) is 5.92 Å². The fourth-order valence-electron chi connectivity index (χ4n) is 2.15. The summed E-state index contributed by atoms with van der Waals surface area (Å²) in [5.41, 5.74) is -0.924. The zero-order chi connectivity index (χ0) is 12.6. The fraction of sp³-hybridized carbons (Fsp3) is 0.333. The highest BCUT2D eigenvalue weighted by atomic mass is 16.4.